The van der Waals surface area contributed by atoms with Crippen LogP contribution in [-0.2, 0) is 0 Å². The number of hydrogen-bond donors (Lipinski definition) is 1. The Morgan fingerprint density at radius 2 is 1.62 bits per heavy atom. The molecule has 0 amide bonds. The lowest BCUT2D eigenvalue weighted by Gasteiger charge is -2.58. The highest BCUT2D eigenvalue weighted by Gasteiger charge is 2.60. The molecule has 4 saturated carbocycles. The van der Waals surface area contributed by atoms with Crippen LogP contribution in [0.25, 0.3) is 0 Å². The van der Waals surface area contributed by atoms with Crippen molar-refractivity contribution in [1.29, 1.82) is 0 Å². The molecule has 4 bridgehead atoms. The Kier molecular flexibility index (Phi) is 1.30. The predicted octanol–water partition coefficient (Wildman–Crippen LogP) is 1.95. The van der Waals surface area contributed by atoms with Gasteiger partial charge in [-0.1, -0.05) is 0 Å². The number of alkyl halides is 2. The van der Waals surface area contributed by atoms with Gasteiger partial charge in [0.15, 0.2) is 0 Å². The molecule has 0 aromatic carbocycles. The van der Waals surface area contributed by atoms with E-state index >= 15 is 0 Å². The van der Waals surface area contributed by atoms with Gasteiger partial charge in [-0.15, -0.1) is 0 Å². The van der Waals surface area contributed by atoms with Crippen LogP contribution in [0.15, 0.2) is 0 Å². The smallest absolute Gasteiger partial charge is 0.113 e. The Bertz CT molecular complexity index is 217. The molecule has 3 heteroatoms. The summed E-state index contributed by atoms with van der Waals surface area (Å²) in [6.07, 6.45) is 1.94. The minimum absolute atomic E-state index is 0.0868. The van der Waals surface area contributed by atoms with E-state index in [0.29, 0.717) is 32.1 Å². The van der Waals surface area contributed by atoms with E-state index in [1.807, 2.05) is 0 Å². The summed E-state index contributed by atoms with van der Waals surface area (Å²) in [4.78, 5) is 0. The molecule has 4 fully saturated rings. The van der Waals surface area contributed by atoms with E-state index in [1.54, 1.807) is 0 Å². The fraction of sp³-hybridized carbons (Fsp3) is 1.00. The molecule has 0 spiro atoms. The van der Waals surface area contributed by atoms with Crippen LogP contribution in [0.2, 0.25) is 0 Å². The Balaban J connectivity index is 1.99. The van der Waals surface area contributed by atoms with Gasteiger partial charge in [-0.3, -0.25) is 0 Å². The van der Waals surface area contributed by atoms with E-state index in [-0.39, 0.29) is 17.4 Å². The Morgan fingerprint density at radius 1 is 1.08 bits per heavy atom. The van der Waals surface area contributed by atoms with Crippen LogP contribution in [0.4, 0.5) is 8.78 Å². The van der Waals surface area contributed by atoms with Crippen LogP contribution in [0.3, 0.4) is 0 Å². The second-order valence-corrected chi connectivity index (χ2v) is 5.47. The van der Waals surface area contributed by atoms with E-state index in [9.17, 15) is 8.78 Å². The van der Waals surface area contributed by atoms with Gasteiger partial charge in [-0.25, -0.2) is 8.78 Å². The summed E-state index contributed by atoms with van der Waals surface area (Å²) in [6, 6.07) is 0. The Labute approximate surface area is 76.7 Å². The molecule has 4 rings (SSSR count). The molecule has 2 N–H and O–H groups in total. The lowest BCUT2D eigenvalue weighted by atomic mass is 9.51. The Hall–Kier alpha value is -0.180. The Morgan fingerprint density at radius 3 is 2.08 bits per heavy atom. The zero-order valence-electron chi connectivity index (χ0n) is 7.60. The van der Waals surface area contributed by atoms with E-state index in [1.165, 1.54) is 0 Å². The molecule has 0 radical (unpaired) electrons. The van der Waals surface area contributed by atoms with Crippen molar-refractivity contribution in [2.45, 2.75) is 49.5 Å². The van der Waals surface area contributed by atoms with Gasteiger partial charge in [-0.2, -0.15) is 0 Å². The monoisotopic (exact) mass is 187 g/mol. The van der Waals surface area contributed by atoms with Crippen LogP contribution < -0.4 is 5.73 Å². The summed E-state index contributed by atoms with van der Waals surface area (Å²) in [6.45, 7) is 0. The van der Waals surface area contributed by atoms with E-state index in [4.69, 9.17) is 5.73 Å². The van der Waals surface area contributed by atoms with Crippen molar-refractivity contribution in [2.24, 2.45) is 17.6 Å². The molecule has 13 heavy (non-hydrogen) atoms. The van der Waals surface area contributed by atoms with Gasteiger partial charge in [0.2, 0.25) is 0 Å². The lowest BCUT2D eigenvalue weighted by molar-refractivity contribution is -0.127. The van der Waals surface area contributed by atoms with Crippen molar-refractivity contribution in [1.82, 2.24) is 0 Å². The number of nitrogens with two attached hydrogens (primary N) is 1. The predicted molar refractivity (Wildman–Crippen MR) is 45.7 cm³/mol. The van der Waals surface area contributed by atoms with Crippen molar-refractivity contribution in [3.63, 3.8) is 0 Å². The van der Waals surface area contributed by atoms with Crippen LogP contribution in [-0.4, -0.2) is 17.4 Å². The van der Waals surface area contributed by atoms with Crippen molar-refractivity contribution < 1.29 is 8.78 Å². The minimum Gasteiger partial charge on any atom is -0.325 e. The minimum atomic E-state index is -1.12. The number of halogens is 2. The van der Waals surface area contributed by atoms with Crippen molar-refractivity contribution in [2.75, 3.05) is 0 Å². The third-order valence-electron chi connectivity index (χ3n) is 4.16. The fourth-order valence-electron chi connectivity index (χ4n) is 4.05. The standard InChI is InChI=1S/C10H15F2N/c11-8-6-1-9(12)2-7(8)4-10(13,3-6)5-9/h6-8H,1-5,13H2. The zero-order valence-corrected chi connectivity index (χ0v) is 7.60. The van der Waals surface area contributed by atoms with Gasteiger partial charge in [0.25, 0.3) is 0 Å². The van der Waals surface area contributed by atoms with Crippen LogP contribution in [0.5, 0.6) is 0 Å². The van der Waals surface area contributed by atoms with Gasteiger partial charge in [0, 0.05) is 5.54 Å². The lowest BCUT2D eigenvalue weighted by Crippen LogP contribution is -2.64. The third kappa shape index (κ3) is 0.997. The maximum absolute atomic E-state index is 14.1. The largest absolute Gasteiger partial charge is 0.325 e. The second kappa shape index (κ2) is 2.08. The third-order valence-corrected chi connectivity index (χ3v) is 4.16. The molecule has 0 heterocycles. The molecule has 4 aliphatic rings. The summed E-state index contributed by atoms with van der Waals surface area (Å²) < 4.78 is 27.7. The average Bonchev–Trinajstić information content (AvgIpc) is 1.94. The number of rotatable bonds is 0. The molecular formula is C10H15F2N. The van der Waals surface area contributed by atoms with Crippen LogP contribution in [0.1, 0.15) is 32.1 Å². The molecule has 0 aliphatic heterocycles. The van der Waals surface area contributed by atoms with Crippen molar-refractivity contribution in [3.05, 3.63) is 0 Å². The molecular weight excluding hydrogens is 172 g/mol. The topological polar surface area (TPSA) is 26.0 Å². The summed E-state index contributed by atoms with van der Waals surface area (Å²) in [7, 11) is 0. The van der Waals surface area contributed by atoms with Crippen molar-refractivity contribution >= 4 is 0 Å². The molecule has 1 nitrogen and oxygen atoms in total. The highest BCUT2D eigenvalue weighted by Crippen LogP contribution is 2.58. The van der Waals surface area contributed by atoms with Gasteiger partial charge < -0.3 is 5.73 Å². The van der Waals surface area contributed by atoms with Crippen LogP contribution >= 0.6 is 0 Å². The molecule has 0 aromatic rings. The van der Waals surface area contributed by atoms with E-state index < -0.39 is 11.8 Å². The second-order valence-electron chi connectivity index (χ2n) is 5.47. The first-order chi connectivity index (χ1) is 6.00. The first kappa shape index (κ1) is 8.16. The normalized spacial score (nSPS) is 64.4. The SMILES string of the molecule is NC12CC3CC(F)(CC(C1)C3F)C2. The summed E-state index contributed by atoms with van der Waals surface area (Å²) in [5.41, 5.74) is 4.57. The van der Waals surface area contributed by atoms with Gasteiger partial charge in [0.1, 0.15) is 11.8 Å². The molecule has 2 unspecified atom stereocenters. The highest BCUT2D eigenvalue weighted by atomic mass is 19.1. The van der Waals surface area contributed by atoms with E-state index in [2.05, 4.69) is 0 Å². The summed E-state index contributed by atoms with van der Waals surface area (Å²) >= 11 is 0. The van der Waals surface area contributed by atoms with Crippen molar-refractivity contribution in [3.8, 4) is 0 Å². The maximum atomic E-state index is 14.1. The zero-order chi connectivity index (χ0) is 9.27. The average molecular weight is 187 g/mol. The summed E-state index contributed by atoms with van der Waals surface area (Å²) in [5.74, 6) is -0.174. The molecule has 74 valence electrons. The fourth-order valence-corrected chi connectivity index (χ4v) is 4.05. The summed E-state index contributed by atoms with van der Waals surface area (Å²) in [5, 5.41) is 0. The molecule has 2 atom stereocenters. The quantitative estimate of drug-likeness (QED) is 0.616. The van der Waals surface area contributed by atoms with Gasteiger partial charge in [0.05, 0.1) is 0 Å². The van der Waals surface area contributed by atoms with Gasteiger partial charge >= 0.3 is 0 Å². The highest BCUT2D eigenvalue weighted by molar-refractivity contribution is 5.14. The molecule has 0 saturated heterocycles. The van der Waals surface area contributed by atoms with E-state index in [0.717, 1.165) is 0 Å². The maximum Gasteiger partial charge on any atom is 0.113 e. The first-order valence-electron chi connectivity index (χ1n) is 5.12. The molecule has 0 aromatic heterocycles. The van der Waals surface area contributed by atoms with Gasteiger partial charge in [-0.05, 0) is 43.9 Å². The first-order valence-corrected chi connectivity index (χ1v) is 5.12. The van der Waals surface area contributed by atoms with Crippen LogP contribution in [0, 0.1) is 11.8 Å². The number of hydrogen-bond acceptors (Lipinski definition) is 1. The molecule has 4 aliphatic carbocycles.